The van der Waals surface area contributed by atoms with E-state index >= 15 is 0 Å². The summed E-state index contributed by atoms with van der Waals surface area (Å²) in [6.45, 7) is 0. The zero-order valence-corrected chi connectivity index (χ0v) is 20.0. The van der Waals surface area contributed by atoms with Gasteiger partial charge in [0.1, 0.15) is 0 Å². The Bertz CT molecular complexity index is 1420. The van der Waals surface area contributed by atoms with E-state index in [1.165, 1.54) is 30.7 Å². The highest BCUT2D eigenvalue weighted by molar-refractivity contribution is 6.34. The molecule has 0 aromatic heterocycles. The van der Waals surface area contributed by atoms with Gasteiger partial charge < -0.3 is 31.1 Å². The number of benzene rings is 2. The Kier molecular flexibility index (Phi) is 8.68. The van der Waals surface area contributed by atoms with Crippen molar-refractivity contribution in [3.63, 3.8) is 0 Å². The third kappa shape index (κ3) is 5.48. The summed E-state index contributed by atoms with van der Waals surface area (Å²) in [5.74, 6) is -13.5. The van der Waals surface area contributed by atoms with Crippen LogP contribution in [0.4, 0.5) is 0 Å². The Hall–Kier alpha value is -5.80. The van der Waals surface area contributed by atoms with Gasteiger partial charge in [0.05, 0.1) is 22.3 Å². The number of aliphatic carboxylic acids is 2. The standard InChI is InChI=1S/C23H20N4O12/c1-24-15(28)13-7-9(3-5-11(13)17(30)31)10-4-6-12(18(32)33)14(8-10)16(29)26-27-20(35)23(21(36)37,22(38)39)19(34)25-2/h3-8H,1-2H3,(H,24,28)(H,25,34)(H,26,29)(H,27,35)(H,30,31)(H,32,33)(H,36,37)(H,38,39). The van der Waals surface area contributed by atoms with Gasteiger partial charge in [0.15, 0.2) is 0 Å². The Morgan fingerprint density at radius 1 is 0.564 bits per heavy atom. The van der Waals surface area contributed by atoms with Crippen molar-refractivity contribution in [2.24, 2.45) is 5.41 Å². The van der Waals surface area contributed by atoms with E-state index in [1.54, 1.807) is 10.7 Å². The van der Waals surface area contributed by atoms with Gasteiger partial charge in [-0.3, -0.25) is 30.0 Å². The summed E-state index contributed by atoms with van der Waals surface area (Å²) in [6.07, 6.45) is 0. The zero-order chi connectivity index (χ0) is 29.7. The number of nitrogens with one attached hydrogen (secondary N) is 4. The van der Waals surface area contributed by atoms with Crippen LogP contribution in [0.25, 0.3) is 11.1 Å². The van der Waals surface area contributed by atoms with Crippen LogP contribution in [0.15, 0.2) is 36.4 Å². The van der Waals surface area contributed by atoms with Gasteiger partial charge >= 0.3 is 29.3 Å². The number of rotatable bonds is 9. The van der Waals surface area contributed by atoms with Gasteiger partial charge in [-0.25, -0.2) is 19.2 Å². The second kappa shape index (κ2) is 11.5. The van der Waals surface area contributed by atoms with Gasteiger partial charge in [0.25, 0.3) is 23.6 Å². The first kappa shape index (κ1) is 29.4. The van der Waals surface area contributed by atoms with Gasteiger partial charge in [-0.2, -0.15) is 0 Å². The van der Waals surface area contributed by atoms with Crippen molar-refractivity contribution in [2.75, 3.05) is 14.1 Å². The molecule has 0 heterocycles. The molecule has 4 amide bonds. The first-order chi connectivity index (χ1) is 18.2. The molecule has 2 rings (SSSR count). The molecule has 0 unspecified atom stereocenters. The summed E-state index contributed by atoms with van der Waals surface area (Å²) in [7, 11) is 2.14. The van der Waals surface area contributed by atoms with E-state index in [9.17, 15) is 58.8 Å². The average molecular weight is 544 g/mol. The molecule has 0 bridgehead atoms. The van der Waals surface area contributed by atoms with E-state index < -0.39 is 64.0 Å². The third-order valence-electron chi connectivity index (χ3n) is 5.39. The SMILES string of the molecule is CNC(=O)c1cc(-c2ccc(C(=O)O)c(C(=O)NNC(=O)C(C(=O)O)(C(=O)O)C(=O)NC)c2)ccc1C(=O)O. The molecule has 0 radical (unpaired) electrons. The van der Waals surface area contributed by atoms with Gasteiger partial charge in [0, 0.05) is 14.1 Å². The first-order valence-corrected chi connectivity index (χ1v) is 10.5. The van der Waals surface area contributed by atoms with E-state index in [0.29, 0.717) is 0 Å². The number of carbonyl (C=O) groups is 8. The molecule has 0 atom stereocenters. The topological polar surface area (TPSA) is 266 Å². The van der Waals surface area contributed by atoms with Crippen molar-refractivity contribution in [3.05, 3.63) is 58.7 Å². The summed E-state index contributed by atoms with van der Waals surface area (Å²) in [5, 5.41) is 41.4. The second-order valence-electron chi connectivity index (χ2n) is 7.56. The zero-order valence-electron chi connectivity index (χ0n) is 20.0. The molecule has 2 aromatic rings. The van der Waals surface area contributed by atoms with Crippen LogP contribution < -0.4 is 21.5 Å². The number of hydrazine groups is 1. The van der Waals surface area contributed by atoms with E-state index in [2.05, 4.69) is 5.32 Å². The predicted octanol–water partition coefficient (Wildman–Crippen LogP) is -1.23. The summed E-state index contributed by atoms with van der Waals surface area (Å²) in [4.78, 5) is 95.7. The largest absolute Gasteiger partial charge is 0.480 e. The smallest absolute Gasteiger partial charge is 0.340 e. The van der Waals surface area contributed by atoms with E-state index in [1.807, 2.05) is 0 Å². The van der Waals surface area contributed by atoms with Gasteiger partial charge in [-0.15, -0.1) is 0 Å². The normalized spacial score (nSPS) is 10.5. The monoisotopic (exact) mass is 544 g/mol. The lowest BCUT2D eigenvalue weighted by molar-refractivity contribution is -0.172. The van der Waals surface area contributed by atoms with Gasteiger partial charge in [-0.05, 0) is 35.4 Å². The minimum absolute atomic E-state index is 0.120. The minimum Gasteiger partial charge on any atom is -0.480 e. The van der Waals surface area contributed by atoms with Crippen molar-refractivity contribution in [2.45, 2.75) is 0 Å². The van der Waals surface area contributed by atoms with E-state index in [0.717, 1.165) is 25.2 Å². The summed E-state index contributed by atoms with van der Waals surface area (Å²) in [6, 6.07) is 6.82. The Labute approximate surface area is 217 Å². The van der Waals surface area contributed by atoms with Crippen molar-refractivity contribution < 1.29 is 58.8 Å². The van der Waals surface area contributed by atoms with Crippen LogP contribution in [0.5, 0.6) is 0 Å². The fourth-order valence-corrected chi connectivity index (χ4v) is 3.38. The van der Waals surface area contributed by atoms with Crippen LogP contribution in [-0.2, 0) is 19.2 Å². The maximum Gasteiger partial charge on any atom is 0.340 e. The average Bonchev–Trinajstić information content (AvgIpc) is 2.90. The third-order valence-corrected chi connectivity index (χ3v) is 5.39. The number of hydrogen-bond acceptors (Lipinski definition) is 8. The lowest BCUT2D eigenvalue weighted by Crippen LogP contribution is -2.62. The predicted molar refractivity (Wildman–Crippen MR) is 127 cm³/mol. The number of carboxylic acids is 4. The molecular weight excluding hydrogens is 524 g/mol. The Morgan fingerprint density at radius 2 is 1.00 bits per heavy atom. The highest BCUT2D eigenvalue weighted by Gasteiger charge is 2.61. The number of aromatic carboxylic acids is 2. The molecule has 0 aliphatic carbocycles. The molecular formula is C23H20N4O12. The fraction of sp³-hybridized carbons (Fsp3) is 0.130. The van der Waals surface area contributed by atoms with Crippen molar-refractivity contribution in [3.8, 4) is 11.1 Å². The van der Waals surface area contributed by atoms with Crippen LogP contribution >= 0.6 is 0 Å². The highest BCUT2D eigenvalue weighted by Crippen LogP contribution is 2.26. The molecule has 0 saturated heterocycles. The minimum atomic E-state index is -3.69. The molecule has 204 valence electrons. The van der Waals surface area contributed by atoms with Gasteiger partial charge in [-0.1, -0.05) is 12.1 Å². The Balaban J connectivity index is 2.52. The molecule has 0 fully saturated rings. The molecule has 0 saturated carbocycles. The van der Waals surface area contributed by atoms with Crippen molar-refractivity contribution in [1.82, 2.24) is 21.5 Å². The van der Waals surface area contributed by atoms with Crippen LogP contribution in [0, 0.1) is 5.41 Å². The lowest BCUT2D eigenvalue weighted by atomic mass is 9.86. The van der Waals surface area contributed by atoms with Crippen LogP contribution in [0.3, 0.4) is 0 Å². The van der Waals surface area contributed by atoms with Crippen molar-refractivity contribution >= 4 is 47.5 Å². The quantitative estimate of drug-likeness (QED) is 0.136. The summed E-state index contributed by atoms with van der Waals surface area (Å²) < 4.78 is 0. The molecule has 16 nitrogen and oxygen atoms in total. The highest BCUT2D eigenvalue weighted by atomic mass is 16.4. The van der Waals surface area contributed by atoms with Crippen LogP contribution in [0.2, 0.25) is 0 Å². The van der Waals surface area contributed by atoms with E-state index in [4.69, 9.17) is 0 Å². The lowest BCUT2D eigenvalue weighted by Gasteiger charge is -2.22. The first-order valence-electron chi connectivity index (χ1n) is 10.5. The summed E-state index contributed by atoms with van der Waals surface area (Å²) in [5.41, 5.74) is -1.99. The molecule has 0 spiro atoms. The second-order valence-corrected chi connectivity index (χ2v) is 7.56. The maximum atomic E-state index is 12.8. The molecule has 8 N–H and O–H groups in total. The van der Waals surface area contributed by atoms with Crippen LogP contribution in [-0.4, -0.2) is 82.0 Å². The van der Waals surface area contributed by atoms with Gasteiger partial charge in [0.2, 0.25) is 0 Å². The molecule has 16 heteroatoms. The number of amides is 4. The fourth-order valence-electron chi connectivity index (χ4n) is 3.38. The van der Waals surface area contributed by atoms with E-state index in [-0.39, 0.29) is 22.3 Å². The number of carboxylic acid groups (broad SMARTS) is 4. The molecule has 39 heavy (non-hydrogen) atoms. The van der Waals surface area contributed by atoms with Crippen molar-refractivity contribution in [1.29, 1.82) is 0 Å². The molecule has 0 aliphatic heterocycles. The molecule has 0 aliphatic rings. The maximum absolute atomic E-state index is 12.8. The summed E-state index contributed by atoms with van der Waals surface area (Å²) >= 11 is 0. The number of hydrogen-bond donors (Lipinski definition) is 8. The van der Waals surface area contributed by atoms with Crippen LogP contribution in [0.1, 0.15) is 41.4 Å². The number of carbonyl (C=O) groups excluding carboxylic acids is 4. The Morgan fingerprint density at radius 3 is 1.36 bits per heavy atom. The molecule has 2 aromatic carbocycles.